The third-order valence-corrected chi connectivity index (χ3v) is 9.34. The molecule has 0 aromatic heterocycles. The van der Waals surface area contributed by atoms with E-state index in [1.807, 2.05) is 31.2 Å². The van der Waals surface area contributed by atoms with Crippen LogP contribution in [0.2, 0.25) is 0 Å². The molecule has 2 saturated carbocycles. The molecule has 0 radical (unpaired) electrons. The van der Waals surface area contributed by atoms with Crippen molar-refractivity contribution in [3.8, 4) is 0 Å². The van der Waals surface area contributed by atoms with Crippen molar-refractivity contribution in [2.75, 3.05) is 6.61 Å². The molecule has 1 spiro atoms. The van der Waals surface area contributed by atoms with Gasteiger partial charge >= 0.3 is 17.9 Å². The van der Waals surface area contributed by atoms with E-state index in [1.54, 1.807) is 6.92 Å². The lowest BCUT2D eigenvalue weighted by Crippen LogP contribution is -2.81. The number of hydrogen-bond acceptors (Lipinski definition) is 8. The van der Waals surface area contributed by atoms with E-state index in [-0.39, 0.29) is 31.8 Å². The molecule has 1 aromatic rings. The maximum Gasteiger partial charge on any atom is 0.355 e. The molecular formula is C24H27BrO8. The number of hydrogen-bond donors (Lipinski definition) is 2. The van der Waals surface area contributed by atoms with Crippen LogP contribution < -0.4 is 0 Å². The Bertz CT molecular complexity index is 1040. The molecule has 9 heteroatoms. The van der Waals surface area contributed by atoms with E-state index < -0.39 is 52.1 Å². The molecule has 4 aliphatic rings. The third-order valence-electron chi connectivity index (χ3n) is 8.84. The smallest absolute Gasteiger partial charge is 0.355 e. The first-order valence-corrected chi connectivity index (χ1v) is 12.1. The number of carbonyl (C=O) groups excluding carboxylic acids is 3. The van der Waals surface area contributed by atoms with Crippen LogP contribution in [0.25, 0.3) is 0 Å². The fourth-order valence-corrected chi connectivity index (χ4v) is 7.48. The summed E-state index contributed by atoms with van der Waals surface area (Å²) in [5, 5.41) is 23.1. The largest absolute Gasteiger partial charge is 0.462 e. The van der Waals surface area contributed by atoms with E-state index in [1.165, 1.54) is 0 Å². The van der Waals surface area contributed by atoms with Crippen molar-refractivity contribution >= 4 is 33.8 Å². The quantitative estimate of drug-likeness (QED) is 0.455. The number of benzene rings is 1. The van der Waals surface area contributed by atoms with Crippen LogP contribution in [0.3, 0.4) is 0 Å². The van der Waals surface area contributed by atoms with Gasteiger partial charge in [0.25, 0.3) is 5.60 Å². The molecule has 7 atom stereocenters. The summed E-state index contributed by atoms with van der Waals surface area (Å²) in [6.07, 6.45) is -1.50. The number of aliphatic hydroxyl groups excluding tert-OH is 1. The summed E-state index contributed by atoms with van der Waals surface area (Å²) in [4.78, 5) is 39.0. The van der Waals surface area contributed by atoms with Gasteiger partial charge in [-0.2, -0.15) is 0 Å². The van der Waals surface area contributed by atoms with Gasteiger partial charge in [-0.1, -0.05) is 35.0 Å². The Hall–Kier alpha value is -1.97. The molecule has 2 heterocycles. The third kappa shape index (κ3) is 2.67. The predicted molar refractivity (Wildman–Crippen MR) is 117 cm³/mol. The molecule has 0 amide bonds. The molecule has 33 heavy (non-hydrogen) atoms. The zero-order chi connectivity index (χ0) is 23.8. The van der Waals surface area contributed by atoms with Crippen LogP contribution in [0.1, 0.15) is 45.1 Å². The summed E-state index contributed by atoms with van der Waals surface area (Å²) in [7, 11) is 0. The second kappa shape index (κ2) is 7.26. The highest BCUT2D eigenvalue weighted by Gasteiger charge is 2.87. The summed E-state index contributed by atoms with van der Waals surface area (Å²) >= 11 is 3.40. The van der Waals surface area contributed by atoms with Gasteiger partial charge in [0.1, 0.15) is 6.61 Å². The van der Waals surface area contributed by atoms with Gasteiger partial charge in [0.2, 0.25) is 0 Å². The Labute approximate surface area is 199 Å². The van der Waals surface area contributed by atoms with Gasteiger partial charge in [-0.3, -0.25) is 4.79 Å². The van der Waals surface area contributed by atoms with Crippen LogP contribution in [-0.4, -0.2) is 58.1 Å². The highest BCUT2D eigenvalue weighted by Crippen LogP contribution is 2.72. The van der Waals surface area contributed by atoms with Crippen molar-refractivity contribution < 1.29 is 38.8 Å². The van der Waals surface area contributed by atoms with Gasteiger partial charge in [-0.15, -0.1) is 0 Å². The fraction of sp³-hybridized carbons (Fsp3) is 0.625. The first-order chi connectivity index (χ1) is 15.5. The Morgan fingerprint density at radius 3 is 2.82 bits per heavy atom. The van der Waals surface area contributed by atoms with Crippen LogP contribution in [0.4, 0.5) is 0 Å². The van der Waals surface area contributed by atoms with E-state index >= 15 is 0 Å². The monoisotopic (exact) mass is 522 g/mol. The van der Waals surface area contributed by atoms with E-state index in [0.29, 0.717) is 12.8 Å². The number of ether oxygens (including phenoxy) is 3. The van der Waals surface area contributed by atoms with Gasteiger partial charge in [-0.25, -0.2) is 9.59 Å². The number of esters is 3. The Morgan fingerprint density at radius 2 is 2.09 bits per heavy atom. The van der Waals surface area contributed by atoms with Gasteiger partial charge in [0, 0.05) is 22.7 Å². The Balaban J connectivity index is 1.52. The van der Waals surface area contributed by atoms with Crippen molar-refractivity contribution in [3.05, 3.63) is 34.3 Å². The highest BCUT2D eigenvalue weighted by molar-refractivity contribution is 9.10. The van der Waals surface area contributed by atoms with Crippen molar-refractivity contribution in [2.45, 2.75) is 69.4 Å². The van der Waals surface area contributed by atoms with Crippen molar-refractivity contribution in [1.29, 1.82) is 0 Å². The minimum Gasteiger partial charge on any atom is -0.462 e. The van der Waals surface area contributed by atoms with E-state index in [2.05, 4.69) is 15.9 Å². The number of aliphatic hydroxyl groups is 2. The van der Waals surface area contributed by atoms with Crippen LogP contribution in [0, 0.1) is 16.7 Å². The molecule has 2 N–H and O–H groups in total. The van der Waals surface area contributed by atoms with Crippen molar-refractivity contribution in [1.82, 2.24) is 0 Å². The summed E-state index contributed by atoms with van der Waals surface area (Å²) in [6, 6.07) is 7.51. The molecule has 2 saturated heterocycles. The minimum absolute atomic E-state index is 0.00910. The van der Waals surface area contributed by atoms with Crippen molar-refractivity contribution in [3.63, 3.8) is 0 Å². The average Bonchev–Trinajstić information content (AvgIpc) is 3.19. The van der Waals surface area contributed by atoms with Crippen LogP contribution in [-0.2, 0) is 35.0 Å². The van der Waals surface area contributed by atoms with E-state index in [4.69, 9.17) is 14.2 Å². The first-order valence-electron chi connectivity index (χ1n) is 11.3. The lowest BCUT2D eigenvalue weighted by atomic mass is 9.44. The molecule has 2 aliphatic carbocycles. The molecular weight excluding hydrogens is 496 g/mol. The molecule has 5 rings (SSSR count). The van der Waals surface area contributed by atoms with Gasteiger partial charge in [-0.05, 0) is 49.8 Å². The second-order valence-corrected chi connectivity index (χ2v) is 11.0. The second-order valence-electron chi connectivity index (χ2n) is 10.1. The maximum atomic E-state index is 13.2. The molecule has 178 valence electrons. The lowest BCUT2D eigenvalue weighted by Gasteiger charge is -2.64. The molecule has 8 nitrogen and oxygen atoms in total. The maximum absolute atomic E-state index is 13.2. The predicted octanol–water partition coefficient (Wildman–Crippen LogP) is 2.06. The summed E-state index contributed by atoms with van der Waals surface area (Å²) in [6.45, 7) is 3.33. The average molecular weight is 523 g/mol. The van der Waals surface area contributed by atoms with Crippen LogP contribution in [0.15, 0.2) is 28.7 Å². The summed E-state index contributed by atoms with van der Waals surface area (Å²) in [5.74, 6) is -2.59. The number of rotatable bonds is 4. The highest BCUT2D eigenvalue weighted by atomic mass is 79.9. The van der Waals surface area contributed by atoms with E-state index in [9.17, 15) is 24.6 Å². The van der Waals surface area contributed by atoms with Gasteiger partial charge in [0.15, 0.2) is 12.2 Å². The molecule has 2 bridgehead atoms. The minimum atomic E-state index is -1.97. The number of carbonyl (C=O) groups is 3. The number of cyclic esters (lactones) is 1. The SMILES string of the molecule is C[C@@H]1CC[C@@]2(O)[C@@]13C[C@@H](OC(=O)[C@@H]3O)[C@@]1(OC(=O)CCc3cccc(Br)c3)C(=O)OC[C@@]21C. The summed E-state index contributed by atoms with van der Waals surface area (Å²) < 4.78 is 17.7. The Kier molecular flexibility index (Phi) is 5.02. The van der Waals surface area contributed by atoms with Crippen LogP contribution in [0.5, 0.6) is 0 Å². The number of fused-ring (bicyclic) bond motifs is 4. The Morgan fingerprint density at radius 1 is 1.33 bits per heavy atom. The van der Waals surface area contributed by atoms with Gasteiger partial charge in [0.05, 0.1) is 11.0 Å². The molecule has 0 unspecified atom stereocenters. The summed E-state index contributed by atoms with van der Waals surface area (Å²) in [5.41, 5.74) is -5.32. The zero-order valence-corrected chi connectivity index (χ0v) is 20.1. The standard InChI is InChI=1S/C24H27BrO8/c1-13-8-9-23(30)21(2)12-31-20(29)24(21,16-11-22(13,23)18(27)19(28)32-16)33-17(26)7-6-14-4-3-5-15(25)10-14/h3-5,10,13,16,18,27,30H,6-9,11-12H2,1-2H3/t13-,16-,18+,21+,22+,23+,24-/m1/s1. The fourth-order valence-electron chi connectivity index (χ4n) is 7.03. The van der Waals surface area contributed by atoms with Gasteiger partial charge < -0.3 is 24.4 Å². The lowest BCUT2D eigenvalue weighted by molar-refractivity contribution is -0.322. The number of halogens is 1. The molecule has 2 aliphatic heterocycles. The first kappa shape index (κ1) is 22.8. The topological polar surface area (TPSA) is 119 Å². The molecule has 4 fully saturated rings. The van der Waals surface area contributed by atoms with E-state index in [0.717, 1.165) is 10.0 Å². The normalized spacial score (nSPS) is 43.4. The number of aryl methyl sites for hydroxylation is 1. The zero-order valence-electron chi connectivity index (χ0n) is 18.5. The van der Waals surface area contributed by atoms with Crippen LogP contribution >= 0.6 is 15.9 Å². The molecule has 1 aromatic carbocycles. The van der Waals surface area contributed by atoms with Crippen molar-refractivity contribution in [2.24, 2.45) is 16.7 Å².